The fourth-order valence-electron chi connectivity index (χ4n) is 4.21. The predicted octanol–water partition coefficient (Wildman–Crippen LogP) is 3.65. The zero-order chi connectivity index (χ0) is 17.3. The largest absolute Gasteiger partial charge is 0.293 e. The van der Waals surface area contributed by atoms with Crippen LogP contribution in [0.4, 0.5) is 0 Å². The summed E-state index contributed by atoms with van der Waals surface area (Å²) in [5.41, 5.74) is -2.06. The van der Waals surface area contributed by atoms with Crippen molar-refractivity contribution in [3.05, 3.63) is 79.8 Å². The van der Waals surface area contributed by atoms with Crippen molar-refractivity contribution in [2.45, 2.75) is 18.4 Å². The lowest BCUT2D eigenvalue weighted by Gasteiger charge is -2.06. The van der Waals surface area contributed by atoms with Gasteiger partial charge < -0.3 is 0 Å². The molecule has 0 heterocycles. The average molecular weight is 386 g/mol. The first-order valence-corrected chi connectivity index (χ1v) is 8.24. The highest BCUT2D eigenvalue weighted by Gasteiger charge is 2.92. The fourth-order valence-corrected chi connectivity index (χ4v) is 4.48. The van der Waals surface area contributed by atoms with E-state index in [2.05, 4.69) is 15.9 Å². The van der Waals surface area contributed by atoms with Gasteiger partial charge in [-0.05, 0) is 17.7 Å². The number of nitrogens with zero attached hydrogens (tertiary/aromatic N) is 1. The van der Waals surface area contributed by atoms with Crippen molar-refractivity contribution in [3.8, 4) is 0 Å². The van der Waals surface area contributed by atoms with E-state index in [1.807, 2.05) is 0 Å². The van der Waals surface area contributed by atoms with Crippen molar-refractivity contribution in [3.63, 3.8) is 0 Å². The molecule has 0 bridgehead atoms. The van der Waals surface area contributed by atoms with Gasteiger partial charge in [0.05, 0.1) is 5.92 Å². The van der Waals surface area contributed by atoms with Crippen LogP contribution in [0.2, 0.25) is 0 Å². The van der Waals surface area contributed by atoms with Gasteiger partial charge in [0, 0.05) is 27.4 Å². The lowest BCUT2D eigenvalue weighted by molar-refractivity contribution is -0.539. The van der Waals surface area contributed by atoms with E-state index in [-0.39, 0.29) is 11.1 Å². The summed E-state index contributed by atoms with van der Waals surface area (Å²) >= 11 is 3.33. The number of carbonyl (C=O) groups excluding carboxylic acids is 2. The van der Waals surface area contributed by atoms with Gasteiger partial charge in [-0.15, -0.1) is 0 Å². The second-order valence-corrected chi connectivity index (χ2v) is 7.32. The van der Waals surface area contributed by atoms with Crippen LogP contribution in [-0.2, 0) is 0 Å². The van der Waals surface area contributed by atoms with Gasteiger partial charge in [-0.1, -0.05) is 52.3 Å². The van der Waals surface area contributed by atoms with Crippen LogP contribution in [0.15, 0.2) is 53.0 Å². The number of Topliss-reactive ketones (excluding diaryl/α,β-unsaturated/α-hetero) is 2. The number of nitro groups is 1. The molecule has 2 aromatic carbocycles. The molecule has 0 amide bonds. The SMILES string of the molecule is C[C@]1([N+](=O)[O-])[C@H](c2ccc(Br)cc2)C12C(=O)c1ccccc1C2=O. The van der Waals surface area contributed by atoms with E-state index in [1.54, 1.807) is 48.5 Å². The highest BCUT2D eigenvalue weighted by Crippen LogP contribution is 2.73. The van der Waals surface area contributed by atoms with E-state index in [9.17, 15) is 19.7 Å². The van der Waals surface area contributed by atoms with Crippen molar-refractivity contribution in [1.82, 2.24) is 0 Å². The first kappa shape index (κ1) is 15.2. The number of rotatable bonds is 2. The topological polar surface area (TPSA) is 77.3 Å². The van der Waals surface area contributed by atoms with Gasteiger partial charge in [0.15, 0.2) is 17.0 Å². The summed E-state index contributed by atoms with van der Waals surface area (Å²) in [6, 6.07) is 13.5. The van der Waals surface area contributed by atoms with E-state index in [0.717, 1.165) is 4.47 Å². The Kier molecular flexibility index (Phi) is 2.91. The molecule has 1 fully saturated rings. The Morgan fingerprint density at radius 3 is 1.96 bits per heavy atom. The second kappa shape index (κ2) is 4.60. The van der Waals surface area contributed by atoms with Crippen LogP contribution in [0.3, 0.4) is 0 Å². The molecule has 5 nitrogen and oxygen atoms in total. The van der Waals surface area contributed by atoms with Crippen LogP contribution >= 0.6 is 15.9 Å². The second-order valence-electron chi connectivity index (χ2n) is 6.40. The third-order valence-corrected chi connectivity index (χ3v) is 5.95. The summed E-state index contributed by atoms with van der Waals surface area (Å²) in [5.74, 6) is -1.63. The van der Waals surface area contributed by atoms with Crippen LogP contribution in [0.1, 0.15) is 39.1 Å². The molecule has 0 aromatic heterocycles. The molecule has 2 aromatic rings. The molecule has 2 aliphatic rings. The molecule has 1 spiro atoms. The van der Waals surface area contributed by atoms with E-state index in [4.69, 9.17) is 0 Å². The summed E-state index contributed by atoms with van der Waals surface area (Å²) in [7, 11) is 0. The quantitative estimate of drug-likeness (QED) is 0.449. The zero-order valence-electron chi connectivity index (χ0n) is 12.7. The van der Waals surface area contributed by atoms with Crippen molar-refractivity contribution in [1.29, 1.82) is 0 Å². The molecule has 0 N–H and O–H groups in total. The molecule has 0 saturated heterocycles. The fraction of sp³-hybridized carbons (Fsp3) is 0.222. The van der Waals surface area contributed by atoms with Crippen molar-refractivity contribution in [2.75, 3.05) is 0 Å². The summed E-state index contributed by atoms with van der Waals surface area (Å²) < 4.78 is 0.830. The molecule has 6 heteroatoms. The minimum atomic E-state index is -1.63. The average Bonchev–Trinajstić information content (AvgIpc) is 3.09. The number of hydrogen-bond donors (Lipinski definition) is 0. The highest BCUT2D eigenvalue weighted by molar-refractivity contribution is 9.10. The maximum Gasteiger partial charge on any atom is 0.248 e. The number of ketones is 2. The summed E-state index contributed by atoms with van der Waals surface area (Å²) in [4.78, 5) is 37.4. The standard InChI is InChI=1S/C18H12BrNO4/c1-17(20(23)24)14(10-6-8-11(19)9-7-10)18(17)15(21)12-4-2-3-5-13(12)16(18)22/h2-9,14H,1H3/t14-,17-/m0/s1. The first-order valence-electron chi connectivity index (χ1n) is 7.45. The van der Waals surface area contributed by atoms with Crippen LogP contribution in [-0.4, -0.2) is 22.0 Å². The molecular formula is C18H12BrNO4. The number of fused-ring (bicyclic) bond motifs is 1. The highest BCUT2D eigenvalue weighted by atomic mass is 79.9. The summed E-state index contributed by atoms with van der Waals surface area (Å²) in [6.45, 7) is 1.40. The van der Waals surface area contributed by atoms with E-state index >= 15 is 0 Å². The van der Waals surface area contributed by atoms with Gasteiger partial charge in [-0.3, -0.25) is 19.7 Å². The number of carbonyl (C=O) groups is 2. The molecule has 24 heavy (non-hydrogen) atoms. The Morgan fingerprint density at radius 1 is 1.00 bits per heavy atom. The van der Waals surface area contributed by atoms with Crippen LogP contribution in [0.25, 0.3) is 0 Å². The zero-order valence-corrected chi connectivity index (χ0v) is 14.2. The molecule has 2 aliphatic carbocycles. The Hall–Kier alpha value is -2.34. The number of benzene rings is 2. The smallest absolute Gasteiger partial charge is 0.248 e. The third-order valence-electron chi connectivity index (χ3n) is 5.43. The minimum absolute atomic E-state index is 0.287. The van der Waals surface area contributed by atoms with Crippen LogP contribution in [0.5, 0.6) is 0 Å². The number of halogens is 1. The molecule has 0 aliphatic heterocycles. The van der Waals surface area contributed by atoms with Crippen LogP contribution < -0.4 is 0 Å². The first-order chi connectivity index (χ1) is 11.4. The van der Waals surface area contributed by atoms with Gasteiger partial charge in [-0.25, -0.2) is 0 Å². The lowest BCUT2D eigenvalue weighted by Crippen LogP contribution is -2.33. The van der Waals surface area contributed by atoms with Gasteiger partial charge in [0.25, 0.3) is 0 Å². The van der Waals surface area contributed by atoms with Crippen molar-refractivity contribution < 1.29 is 14.5 Å². The Labute approximate surface area is 146 Å². The van der Waals surface area contributed by atoms with Crippen molar-refractivity contribution in [2.24, 2.45) is 5.41 Å². The Morgan fingerprint density at radius 2 is 1.50 bits per heavy atom. The minimum Gasteiger partial charge on any atom is -0.293 e. The maximum atomic E-state index is 13.0. The van der Waals surface area contributed by atoms with E-state index in [1.165, 1.54) is 6.92 Å². The Balaban J connectivity index is 1.94. The van der Waals surface area contributed by atoms with Gasteiger partial charge in [0.1, 0.15) is 0 Å². The molecule has 2 atom stereocenters. The van der Waals surface area contributed by atoms with Crippen LogP contribution in [0, 0.1) is 15.5 Å². The predicted molar refractivity (Wildman–Crippen MR) is 89.8 cm³/mol. The normalized spacial score (nSPS) is 26.5. The van der Waals surface area contributed by atoms with E-state index in [0.29, 0.717) is 5.56 Å². The molecule has 4 rings (SSSR count). The Bertz CT molecular complexity index is 886. The maximum absolute atomic E-state index is 13.0. The van der Waals surface area contributed by atoms with Gasteiger partial charge >= 0.3 is 0 Å². The molecule has 120 valence electrons. The third kappa shape index (κ3) is 1.50. The molecule has 0 radical (unpaired) electrons. The number of hydrogen-bond acceptors (Lipinski definition) is 4. The van der Waals surface area contributed by atoms with E-state index < -0.39 is 33.4 Å². The van der Waals surface area contributed by atoms with Gasteiger partial charge in [0.2, 0.25) is 5.54 Å². The molecule has 1 saturated carbocycles. The molecule has 0 unspecified atom stereocenters. The lowest BCUT2D eigenvalue weighted by atomic mass is 9.92. The summed E-state index contributed by atoms with van der Waals surface area (Å²) in [5, 5.41) is 11.8. The van der Waals surface area contributed by atoms with Gasteiger partial charge in [-0.2, -0.15) is 0 Å². The monoisotopic (exact) mass is 385 g/mol. The summed E-state index contributed by atoms with van der Waals surface area (Å²) in [6.07, 6.45) is 0. The molecular weight excluding hydrogens is 374 g/mol. The van der Waals surface area contributed by atoms with Crippen molar-refractivity contribution >= 4 is 27.5 Å².